The maximum absolute atomic E-state index is 4.34. The lowest BCUT2D eigenvalue weighted by Crippen LogP contribution is -2.22. The molecule has 0 aliphatic carbocycles. The maximum atomic E-state index is 4.34. The average molecular weight is 248 g/mol. The van der Waals surface area contributed by atoms with Gasteiger partial charge in [0.2, 0.25) is 0 Å². The first-order valence-electron chi connectivity index (χ1n) is 5.74. The van der Waals surface area contributed by atoms with Crippen LogP contribution in [0.2, 0.25) is 0 Å². The van der Waals surface area contributed by atoms with Gasteiger partial charge >= 0.3 is 0 Å². The molecule has 90 valence electrons. The van der Waals surface area contributed by atoms with Crippen molar-refractivity contribution in [2.24, 2.45) is 0 Å². The third kappa shape index (κ3) is 3.08. The lowest BCUT2D eigenvalue weighted by molar-refractivity contribution is 0.603. The van der Waals surface area contributed by atoms with E-state index in [9.17, 15) is 0 Å². The van der Waals surface area contributed by atoms with E-state index in [2.05, 4.69) is 32.9 Å². The van der Waals surface area contributed by atoms with Crippen LogP contribution in [0.5, 0.6) is 0 Å². The zero-order valence-electron chi connectivity index (χ0n) is 10.1. The van der Waals surface area contributed by atoms with Gasteiger partial charge in [0, 0.05) is 11.9 Å². The smallest absolute Gasteiger partial charge is 0.0718 e. The lowest BCUT2D eigenvalue weighted by Gasteiger charge is -2.16. The summed E-state index contributed by atoms with van der Waals surface area (Å²) in [6.45, 7) is 5.12. The quantitative estimate of drug-likeness (QED) is 0.882. The molecule has 2 heterocycles. The van der Waals surface area contributed by atoms with E-state index < -0.39 is 0 Å². The van der Waals surface area contributed by atoms with Crippen LogP contribution in [0.25, 0.3) is 0 Å². The molecule has 0 bridgehead atoms. The van der Waals surface area contributed by atoms with E-state index in [4.69, 9.17) is 0 Å². The van der Waals surface area contributed by atoms with Crippen LogP contribution < -0.4 is 5.32 Å². The van der Waals surface area contributed by atoms with Crippen LogP contribution >= 0.6 is 11.5 Å². The normalized spacial score (nSPS) is 12.6. The van der Waals surface area contributed by atoms with Crippen molar-refractivity contribution >= 4 is 11.5 Å². The Hall–Kier alpha value is -1.33. The molecule has 0 aliphatic rings. The largest absolute Gasteiger partial charge is 0.305 e. The van der Waals surface area contributed by atoms with Crippen molar-refractivity contribution in [1.29, 1.82) is 0 Å². The van der Waals surface area contributed by atoms with Gasteiger partial charge in [0.05, 0.1) is 17.1 Å². The number of nitrogens with one attached hydrogen (secondary N) is 1. The molecule has 0 saturated carbocycles. The zero-order chi connectivity index (χ0) is 12.1. The molecule has 1 unspecified atom stereocenters. The van der Waals surface area contributed by atoms with E-state index in [-0.39, 0.29) is 6.04 Å². The van der Waals surface area contributed by atoms with E-state index in [0.717, 1.165) is 29.1 Å². The molecule has 1 N–H and O–H groups in total. The summed E-state index contributed by atoms with van der Waals surface area (Å²) in [5.41, 5.74) is 2.19. The summed E-state index contributed by atoms with van der Waals surface area (Å²) in [5, 5.41) is 7.40. The number of aromatic nitrogens is 3. The first-order chi connectivity index (χ1) is 8.31. The van der Waals surface area contributed by atoms with Crippen molar-refractivity contribution in [1.82, 2.24) is 19.9 Å². The number of hydrogen-bond donors (Lipinski definition) is 1. The molecule has 0 saturated heterocycles. The monoisotopic (exact) mass is 248 g/mol. The van der Waals surface area contributed by atoms with Gasteiger partial charge in [-0.3, -0.25) is 4.98 Å². The molecule has 1 atom stereocenters. The molecular formula is C12H16N4S. The van der Waals surface area contributed by atoms with Gasteiger partial charge < -0.3 is 5.32 Å². The standard InChI is InChI=1S/C12H16N4S/c1-3-6-13-12(11-8-15-16-17-11)10-5-4-9(2)14-7-10/h4-5,7-8,12-13H,3,6H2,1-2H3. The Balaban J connectivity index is 2.23. The highest BCUT2D eigenvalue weighted by molar-refractivity contribution is 7.05. The van der Waals surface area contributed by atoms with Gasteiger partial charge in [-0.25, -0.2) is 0 Å². The highest BCUT2D eigenvalue weighted by atomic mass is 32.1. The molecule has 0 aromatic carbocycles. The minimum atomic E-state index is 0.156. The second-order valence-electron chi connectivity index (χ2n) is 3.94. The predicted molar refractivity (Wildman–Crippen MR) is 69.0 cm³/mol. The van der Waals surface area contributed by atoms with E-state index in [1.165, 1.54) is 11.5 Å². The van der Waals surface area contributed by atoms with Crippen LogP contribution in [0, 0.1) is 6.92 Å². The van der Waals surface area contributed by atoms with Crippen LogP contribution in [0.3, 0.4) is 0 Å². The first-order valence-corrected chi connectivity index (χ1v) is 6.51. The number of aryl methyl sites for hydroxylation is 1. The molecule has 2 rings (SSSR count). The Kier molecular flexibility index (Phi) is 4.17. The van der Waals surface area contributed by atoms with Crippen LogP contribution in [0.4, 0.5) is 0 Å². The maximum Gasteiger partial charge on any atom is 0.0718 e. The Labute approximate surface area is 105 Å². The summed E-state index contributed by atoms with van der Waals surface area (Å²) in [5.74, 6) is 0. The zero-order valence-corrected chi connectivity index (χ0v) is 10.9. The first kappa shape index (κ1) is 12.1. The second kappa shape index (κ2) is 5.84. The van der Waals surface area contributed by atoms with Gasteiger partial charge in [0.25, 0.3) is 0 Å². The van der Waals surface area contributed by atoms with Gasteiger partial charge in [0.15, 0.2) is 0 Å². The van der Waals surface area contributed by atoms with Crippen molar-refractivity contribution in [2.75, 3.05) is 6.54 Å². The Morgan fingerprint density at radius 1 is 1.35 bits per heavy atom. The van der Waals surface area contributed by atoms with Crippen molar-refractivity contribution in [3.63, 3.8) is 0 Å². The Morgan fingerprint density at radius 2 is 2.24 bits per heavy atom. The van der Waals surface area contributed by atoms with E-state index in [1.54, 1.807) is 0 Å². The summed E-state index contributed by atoms with van der Waals surface area (Å²) in [4.78, 5) is 5.47. The van der Waals surface area contributed by atoms with Crippen molar-refractivity contribution in [3.8, 4) is 0 Å². The topological polar surface area (TPSA) is 50.7 Å². The van der Waals surface area contributed by atoms with E-state index in [1.807, 2.05) is 25.4 Å². The molecular weight excluding hydrogens is 232 g/mol. The van der Waals surface area contributed by atoms with Crippen LogP contribution in [0.1, 0.15) is 35.5 Å². The van der Waals surface area contributed by atoms with Gasteiger partial charge in [-0.1, -0.05) is 17.5 Å². The SMILES string of the molecule is CCCNC(c1ccc(C)nc1)c1cnns1. The summed E-state index contributed by atoms with van der Waals surface area (Å²) in [6.07, 6.45) is 4.84. The van der Waals surface area contributed by atoms with E-state index >= 15 is 0 Å². The highest BCUT2D eigenvalue weighted by Gasteiger charge is 2.15. The fourth-order valence-corrected chi connectivity index (χ4v) is 2.23. The van der Waals surface area contributed by atoms with Crippen molar-refractivity contribution in [3.05, 3.63) is 40.7 Å². The molecule has 2 aromatic heterocycles. The molecule has 0 amide bonds. The molecule has 0 fully saturated rings. The number of nitrogens with zero attached hydrogens (tertiary/aromatic N) is 3. The van der Waals surface area contributed by atoms with Crippen molar-refractivity contribution < 1.29 is 0 Å². The van der Waals surface area contributed by atoms with Crippen LogP contribution in [0.15, 0.2) is 24.5 Å². The highest BCUT2D eigenvalue weighted by Crippen LogP contribution is 2.23. The van der Waals surface area contributed by atoms with Crippen molar-refractivity contribution in [2.45, 2.75) is 26.3 Å². The van der Waals surface area contributed by atoms with Gasteiger partial charge in [-0.2, -0.15) is 0 Å². The fourth-order valence-electron chi connectivity index (χ4n) is 1.62. The Bertz CT molecular complexity index is 438. The Morgan fingerprint density at radius 3 is 2.82 bits per heavy atom. The number of rotatable bonds is 5. The van der Waals surface area contributed by atoms with Gasteiger partial charge in [-0.05, 0) is 43.1 Å². The summed E-state index contributed by atoms with van der Waals surface area (Å²) < 4.78 is 3.93. The minimum absolute atomic E-state index is 0.156. The van der Waals surface area contributed by atoms with Crippen LogP contribution in [-0.2, 0) is 0 Å². The number of hydrogen-bond acceptors (Lipinski definition) is 5. The number of pyridine rings is 1. The fraction of sp³-hybridized carbons (Fsp3) is 0.417. The molecule has 5 heteroatoms. The predicted octanol–water partition coefficient (Wildman–Crippen LogP) is 2.33. The molecule has 0 aliphatic heterocycles. The van der Waals surface area contributed by atoms with E-state index in [0.29, 0.717) is 0 Å². The average Bonchev–Trinajstić information content (AvgIpc) is 2.85. The molecule has 17 heavy (non-hydrogen) atoms. The van der Waals surface area contributed by atoms with Gasteiger partial charge in [0.1, 0.15) is 0 Å². The van der Waals surface area contributed by atoms with Gasteiger partial charge in [-0.15, -0.1) is 5.10 Å². The summed E-state index contributed by atoms with van der Waals surface area (Å²) >= 11 is 1.43. The van der Waals surface area contributed by atoms with Crippen LogP contribution in [-0.4, -0.2) is 21.1 Å². The second-order valence-corrected chi connectivity index (χ2v) is 4.76. The third-order valence-electron chi connectivity index (χ3n) is 2.53. The lowest BCUT2D eigenvalue weighted by atomic mass is 10.1. The molecule has 4 nitrogen and oxygen atoms in total. The molecule has 2 aromatic rings. The summed E-state index contributed by atoms with van der Waals surface area (Å²) in [7, 11) is 0. The summed E-state index contributed by atoms with van der Waals surface area (Å²) in [6, 6.07) is 4.29. The molecule has 0 radical (unpaired) electrons. The minimum Gasteiger partial charge on any atom is -0.305 e. The molecule has 0 spiro atoms. The third-order valence-corrected chi connectivity index (χ3v) is 3.26.